The molecule has 21 heavy (non-hydrogen) atoms. The van der Waals surface area contributed by atoms with Gasteiger partial charge in [-0.2, -0.15) is 0 Å². The van der Waals surface area contributed by atoms with Crippen molar-refractivity contribution in [1.29, 1.82) is 0 Å². The third kappa shape index (κ3) is 3.80. The van der Waals surface area contributed by atoms with E-state index in [1.807, 2.05) is 0 Å². The highest BCUT2D eigenvalue weighted by Gasteiger charge is 2.14. The first kappa shape index (κ1) is 15.5. The Kier molecular flexibility index (Phi) is 4.30. The average Bonchev–Trinajstić information content (AvgIpc) is 2.86. The van der Waals surface area contributed by atoms with Crippen LogP contribution < -0.4 is 10.5 Å². The van der Waals surface area contributed by atoms with Gasteiger partial charge in [0.15, 0.2) is 0 Å². The maximum Gasteiger partial charge on any atom is 0.271 e. The van der Waals surface area contributed by atoms with Gasteiger partial charge in [-0.1, -0.05) is 0 Å². The number of hydrogen-bond donors (Lipinski definition) is 2. The molecule has 0 aliphatic rings. The Bertz CT molecular complexity index is 787. The topological polar surface area (TPSA) is 128 Å². The van der Waals surface area contributed by atoms with Gasteiger partial charge in [0, 0.05) is 16.6 Å². The minimum Gasteiger partial charge on any atom is -0.446 e. The lowest BCUT2D eigenvalue weighted by Gasteiger charge is -2.06. The molecule has 112 valence electrons. The molecule has 0 saturated carbocycles. The standard InChI is InChI=1S/C11H10BrN3O5S/c12-9-3-1-7(15(16)17)5-10(9)14-6-8-2-4-11(20-8)21(13,18)19/h1-5,14H,6H2,(H2,13,18,19). The van der Waals surface area contributed by atoms with Gasteiger partial charge in [-0.15, -0.1) is 0 Å². The number of nitro groups is 1. The van der Waals surface area contributed by atoms with Crippen molar-refractivity contribution >= 4 is 37.3 Å². The normalized spacial score (nSPS) is 11.3. The number of nitrogens with one attached hydrogen (secondary N) is 1. The zero-order valence-electron chi connectivity index (χ0n) is 10.4. The summed E-state index contributed by atoms with van der Waals surface area (Å²) < 4.78 is 27.8. The quantitative estimate of drug-likeness (QED) is 0.608. The number of non-ortho nitro benzene ring substituents is 1. The summed E-state index contributed by atoms with van der Waals surface area (Å²) in [5, 5.41) is 18.2. The van der Waals surface area contributed by atoms with Gasteiger partial charge in [-0.3, -0.25) is 10.1 Å². The van der Waals surface area contributed by atoms with Crippen molar-refractivity contribution < 1.29 is 17.8 Å². The molecule has 1 heterocycles. The summed E-state index contributed by atoms with van der Waals surface area (Å²) in [6, 6.07) is 6.96. The number of sulfonamides is 1. The summed E-state index contributed by atoms with van der Waals surface area (Å²) in [5.41, 5.74) is 0.420. The number of nitro benzene ring substituents is 1. The number of furan rings is 1. The molecular formula is C11H10BrN3O5S. The Morgan fingerprint density at radius 1 is 1.33 bits per heavy atom. The van der Waals surface area contributed by atoms with E-state index in [-0.39, 0.29) is 17.3 Å². The highest BCUT2D eigenvalue weighted by atomic mass is 79.9. The number of nitrogens with two attached hydrogens (primary N) is 1. The fourth-order valence-electron chi connectivity index (χ4n) is 1.55. The Hall–Kier alpha value is -1.91. The highest BCUT2D eigenvalue weighted by Crippen LogP contribution is 2.27. The first-order chi connectivity index (χ1) is 9.77. The molecule has 0 fully saturated rings. The fraction of sp³-hybridized carbons (Fsp3) is 0.0909. The third-order valence-electron chi connectivity index (χ3n) is 2.53. The van der Waals surface area contributed by atoms with E-state index in [0.717, 1.165) is 0 Å². The minimum absolute atomic E-state index is 0.0645. The van der Waals surface area contributed by atoms with Crippen LogP contribution in [0.15, 0.2) is 44.3 Å². The smallest absolute Gasteiger partial charge is 0.271 e. The maximum atomic E-state index is 11.1. The lowest BCUT2D eigenvalue weighted by molar-refractivity contribution is -0.384. The Balaban J connectivity index is 2.15. The van der Waals surface area contributed by atoms with Gasteiger partial charge in [0.25, 0.3) is 15.7 Å². The summed E-state index contributed by atoms with van der Waals surface area (Å²) in [7, 11) is -3.88. The molecule has 2 aromatic rings. The van der Waals surface area contributed by atoms with Gasteiger partial charge in [-0.25, -0.2) is 13.6 Å². The number of benzene rings is 1. The second kappa shape index (κ2) is 5.84. The van der Waals surface area contributed by atoms with E-state index in [1.165, 1.54) is 24.3 Å². The van der Waals surface area contributed by atoms with E-state index in [1.54, 1.807) is 6.07 Å². The Morgan fingerprint density at radius 2 is 2.05 bits per heavy atom. The summed E-state index contributed by atoms with van der Waals surface area (Å²) >= 11 is 3.26. The van der Waals surface area contributed by atoms with E-state index in [0.29, 0.717) is 15.9 Å². The van der Waals surface area contributed by atoms with Crippen molar-refractivity contribution in [2.45, 2.75) is 11.6 Å². The van der Waals surface area contributed by atoms with Gasteiger partial charge in [-0.05, 0) is 34.1 Å². The Labute approximate surface area is 128 Å². The summed E-state index contributed by atoms with van der Waals surface area (Å²) in [4.78, 5) is 10.2. The van der Waals surface area contributed by atoms with Crippen molar-refractivity contribution in [2.75, 3.05) is 5.32 Å². The molecule has 1 aromatic heterocycles. The van der Waals surface area contributed by atoms with Crippen LogP contribution in [-0.4, -0.2) is 13.3 Å². The SMILES string of the molecule is NS(=O)(=O)c1ccc(CNc2cc([N+](=O)[O-])ccc2Br)o1. The van der Waals surface area contributed by atoms with Crippen LogP contribution in [0.3, 0.4) is 0 Å². The van der Waals surface area contributed by atoms with Crippen molar-refractivity contribution in [3.05, 3.63) is 50.7 Å². The van der Waals surface area contributed by atoms with Crippen LogP contribution in [0, 0.1) is 10.1 Å². The van der Waals surface area contributed by atoms with Crippen LogP contribution in [0.25, 0.3) is 0 Å². The van der Waals surface area contributed by atoms with Gasteiger partial charge < -0.3 is 9.73 Å². The number of primary sulfonamides is 1. The summed E-state index contributed by atoms with van der Waals surface area (Å²) in [6.07, 6.45) is 0. The lowest BCUT2D eigenvalue weighted by Crippen LogP contribution is -2.10. The van der Waals surface area contributed by atoms with Crippen LogP contribution in [0.5, 0.6) is 0 Å². The van der Waals surface area contributed by atoms with Crippen molar-refractivity contribution in [3.63, 3.8) is 0 Å². The van der Waals surface area contributed by atoms with Crippen molar-refractivity contribution in [1.82, 2.24) is 0 Å². The second-order valence-corrected chi connectivity index (χ2v) is 6.39. The number of rotatable bonds is 5. The summed E-state index contributed by atoms with van der Waals surface area (Å²) in [6.45, 7) is 0.148. The number of hydrogen-bond acceptors (Lipinski definition) is 6. The zero-order chi connectivity index (χ0) is 15.6. The monoisotopic (exact) mass is 375 g/mol. The van der Waals surface area contributed by atoms with E-state index >= 15 is 0 Å². The minimum atomic E-state index is -3.88. The molecular weight excluding hydrogens is 366 g/mol. The first-order valence-corrected chi connectivity index (χ1v) is 7.90. The highest BCUT2D eigenvalue weighted by molar-refractivity contribution is 9.10. The molecule has 0 aliphatic heterocycles. The fourth-order valence-corrected chi connectivity index (χ4v) is 2.42. The van der Waals surface area contributed by atoms with Gasteiger partial charge in [0.1, 0.15) is 5.76 Å². The van der Waals surface area contributed by atoms with E-state index in [4.69, 9.17) is 9.56 Å². The number of halogens is 1. The molecule has 0 aliphatic carbocycles. The second-order valence-electron chi connectivity index (χ2n) is 4.04. The molecule has 8 nitrogen and oxygen atoms in total. The van der Waals surface area contributed by atoms with Crippen LogP contribution in [0.1, 0.15) is 5.76 Å². The predicted molar refractivity (Wildman–Crippen MR) is 78.2 cm³/mol. The molecule has 0 radical (unpaired) electrons. The van der Waals surface area contributed by atoms with Gasteiger partial charge in [0.2, 0.25) is 5.09 Å². The van der Waals surface area contributed by atoms with Crippen LogP contribution in [0.4, 0.5) is 11.4 Å². The van der Waals surface area contributed by atoms with E-state index in [2.05, 4.69) is 21.2 Å². The third-order valence-corrected chi connectivity index (χ3v) is 4.00. The molecule has 2 rings (SSSR count). The molecule has 1 aromatic carbocycles. The number of anilines is 1. The van der Waals surface area contributed by atoms with Crippen LogP contribution in [-0.2, 0) is 16.6 Å². The zero-order valence-corrected chi connectivity index (χ0v) is 12.8. The molecule has 0 unspecified atom stereocenters. The van der Waals surface area contributed by atoms with Gasteiger partial charge in [0.05, 0.1) is 17.2 Å². The van der Waals surface area contributed by atoms with Crippen LogP contribution >= 0.6 is 15.9 Å². The Morgan fingerprint density at radius 3 is 2.62 bits per heavy atom. The first-order valence-electron chi connectivity index (χ1n) is 5.56. The van der Waals surface area contributed by atoms with Gasteiger partial charge >= 0.3 is 0 Å². The van der Waals surface area contributed by atoms with E-state index < -0.39 is 14.9 Å². The molecule has 10 heteroatoms. The number of nitrogens with zero attached hydrogens (tertiary/aromatic N) is 1. The average molecular weight is 376 g/mol. The predicted octanol–water partition coefficient (Wildman–Crippen LogP) is 2.21. The van der Waals surface area contributed by atoms with Crippen molar-refractivity contribution in [3.8, 4) is 0 Å². The molecule has 0 bridgehead atoms. The van der Waals surface area contributed by atoms with Crippen LogP contribution in [0.2, 0.25) is 0 Å². The molecule has 0 spiro atoms. The molecule has 0 amide bonds. The lowest BCUT2D eigenvalue weighted by atomic mass is 10.3. The maximum absolute atomic E-state index is 11.1. The summed E-state index contributed by atoms with van der Waals surface area (Å²) in [5.74, 6) is 0.331. The molecule has 0 atom stereocenters. The van der Waals surface area contributed by atoms with E-state index in [9.17, 15) is 18.5 Å². The largest absolute Gasteiger partial charge is 0.446 e. The molecule has 0 saturated heterocycles. The molecule has 3 N–H and O–H groups in total. The van der Waals surface area contributed by atoms with Crippen molar-refractivity contribution in [2.24, 2.45) is 5.14 Å².